The predicted molar refractivity (Wildman–Crippen MR) is 62.6 cm³/mol. The van der Waals surface area contributed by atoms with Gasteiger partial charge in [0.25, 0.3) is 0 Å². The molecule has 0 bridgehead atoms. The van der Waals surface area contributed by atoms with Crippen LogP contribution in [0.1, 0.15) is 40.5 Å². The highest BCUT2D eigenvalue weighted by Crippen LogP contribution is 2.27. The van der Waals surface area contributed by atoms with Gasteiger partial charge in [-0.1, -0.05) is 0 Å². The lowest BCUT2D eigenvalue weighted by Gasteiger charge is -2.38. The Morgan fingerprint density at radius 2 is 1.84 bits per heavy atom. The Hall–Kier alpha value is -0.980. The number of alkyl halides is 3. The van der Waals surface area contributed by atoms with E-state index in [1.807, 2.05) is 0 Å². The molecule has 0 aliphatic carbocycles. The van der Waals surface area contributed by atoms with E-state index in [9.17, 15) is 18.0 Å². The molecule has 7 heteroatoms. The van der Waals surface area contributed by atoms with Crippen molar-refractivity contribution in [1.29, 1.82) is 0 Å². The summed E-state index contributed by atoms with van der Waals surface area (Å²) in [6.07, 6.45) is -5.71. The molecule has 1 rings (SSSR count). The average Bonchev–Trinajstić information content (AvgIpc) is 2.11. The maximum Gasteiger partial charge on any atom is 0.522 e. The van der Waals surface area contributed by atoms with Crippen molar-refractivity contribution in [1.82, 2.24) is 4.90 Å². The van der Waals surface area contributed by atoms with Crippen LogP contribution in [-0.2, 0) is 9.47 Å². The maximum atomic E-state index is 12.1. The maximum absolute atomic E-state index is 12.1. The molecule has 1 saturated heterocycles. The van der Waals surface area contributed by atoms with Gasteiger partial charge in [-0.25, -0.2) is 4.79 Å². The average molecular weight is 283 g/mol. The topological polar surface area (TPSA) is 38.8 Å². The van der Waals surface area contributed by atoms with Crippen LogP contribution in [0.5, 0.6) is 0 Å². The number of rotatable bonds is 1. The van der Waals surface area contributed by atoms with Crippen molar-refractivity contribution in [2.75, 3.05) is 6.54 Å². The summed E-state index contributed by atoms with van der Waals surface area (Å²) >= 11 is 0. The number of halogens is 3. The summed E-state index contributed by atoms with van der Waals surface area (Å²) in [4.78, 5) is 13.3. The van der Waals surface area contributed by atoms with Crippen LogP contribution in [0.2, 0.25) is 0 Å². The highest BCUT2D eigenvalue weighted by atomic mass is 19.4. The molecule has 0 aromatic rings. The van der Waals surface area contributed by atoms with Crippen LogP contribution in [0, 0.1) is 0 Å². The van der Waals surface area contributed by atoms with Gasteiger partial charge in [0.05, 0.1) is 6.10 Å². The molecule has 0 unspecified atom stereocenters. The molecule has 1 amide bonds. The first kappa shape index (κ1) is 16.1. The monoisotopic (exact) mass is 283 g/mol. The fourth-order valence-corrected chi connectivity index (χ4v) is 2.02. The second kappa shape index (κ2) is 5.56. The third-order valence-electron chi connectivity index (χ3n) is 2.76. The van der Waals surface area contributed by atoms with Crippen molar-refractivity contribution in [3.05, 3.63) is 0 Å². The zero-order chi connectivity index (χ0) is 14.8. The van der Waals surface area contributed by atoms with Gasteiger partial charge in [-0.2, -0.15) is 0 Å². The van der Waals surface area contributed by atoms with Crippen molar-refractivity contribution in [2.24, 2.45) is 0 Å². The lowest BCUT2D eigenvalue weighted by atomic mass is 10.0. The van der Waals surface area contributed by atoms with Gasteiger partial charge < -0.3 is 9.64 Å². The van der Waals surface area contributed by atoms with Gasteiger partial charge in [0.2, 0.25) is 0 Å². The Bertz CT molecular complexity index is 325. The minimum atomic E-state index is -4.63. The Labute approximate surface area is 110 Å². The molecule has 1 aliphatic heterocycles. The second-order valence-corrected chi connectivity index (χ2v) is 5.73. The molecule has 0 aromatic carbocycles. The van der Waals surface area contributed by atoms with Crippen LogP contribution < -0.4 is 0 Å². The number of hydrogen-bond acceptors (Lipinski definition) is 3. The third-order valence-corrected chi connectivity index (χ3v) is 2.76. The lowest BCUT2D eigenvalue weighted by molar-refractivity contribution is -0.346. The van der Waals surface area contributed by atoms with Gasteiger partial charge in [-0.05, 0) is 40.5 Å². The molecule has 112 valence electrons. The predicted octanol–water partition coefficient (Wildman–Crippen LogP) is 3.31. The molecule has 19 heavy (non-hydrogen) atoms. The van der Waals surface area contributed by atoms with Crippen molar-refractivity contribution in [3.8, 4) is 0 Å². The number of likely N-dealkylation sites (tertiary alicyclic amines) is 1. The van der Waals surface area contributed by atoms with E-state index in [4.69, 9.17) is 4.74 Å². The smallest absolute Gasteiger partial charge is 0.444 e. The highest BCUT2D eigenvalue weighted by Gasteiger charge is 2.38. The fourth-order valence-electron chi connectivity index (χ4n) is 2.02. The summed E-state index contributed by atoms with van der Waals surface area (Å²) in [5.74, 6) is 0. The third kappa shape index (κ3) is 5.67. The minimum Gasteiger partial charge on any atom is -0.444 e. The molecule has 0 aromatic heterocycles. The quantitative estimate of drug-likeness (QED) is 0.741. The molecular formula is C12H20F3NO3. The number of amides is 1. The van der Waals surface area contributed by atoms with E-state index < -0.39 is 24.2 Å². The van der Waals surface area contributed by atoms with Gasteiger partial charge in [-0.15, -0.1) is 13.2 Å². The molecule has 1 fully saturated rings. The summed E-state index contributed by atoms with van der Waals surface area (Å²) < 4.78 is 45.6. The molecule has 0 spiro atoms. The van der Waals surface area contributed by atoms with Gasteiger partial charge >= 0.3 is 12.5 Å². The molecule has 4 nitrogen and oxygen atoms in total. The van der Waals surface area contributed by atoms with Crippen molar-refractivity contribution in [3.63, 3.8) is 0 Å². The highest BCUT2D eigenvalue weighted by molar-refractivity contribution is 5.68. The first-order valence-electron chi connectivity index (χ1n) is 6.22. The zero-order valence-corrected chi connectivity index (χ0v) is 11.6. The minimum absolute atomic E-state index is 0.152. The summed E-state index contributed by atoms with van der Waals surface area (Å²) in [7, 11) is 0. The largest absolute Gasteiger partial charge is 0.522 e. The van der Waals surface area contributed by atoms with E-state index in [0.29, 0.717) is 0 Å². The summed E-state index contributed by atoms with van der Waals surface area (Å²) in [6, 6.07) is -0.337. The van der Waals surface area contributed by atoms with Crippen molar-refractivity contribution in [2.45, 2.75) is 64.6 Å². The Morgan fingerprint density at radius 1 is 1.26 bits per heavy atom. The van der Waals surface area contributed by atoms with E-state index in [2.05, 4.69) is 4.74 Å². The summed E-state index contributed by atoms with van der Waals surface area (Å²) in [6.45, 7) is 7.13. The van der Waals surface area contributed by atoms with Crippen LogP contribution >= 0.6 is 0 Å². The fraction of sp³-hybridized carbons (Fsp3) is 0.917. The van der Waals surface area contributed by atoms with Crippen LogP contribution in [0.25, 0.3) is 0 Å². The van der Waals surface area contributed by atoms with Gasteiger partial charge in [0.1, 0.15) is 5.60 Å². The summed E-state index contributed by atoms with van der Waals surface area (Å²) in [5.41, 5.74) is -0.615. The summed E-state index contributed by atoms with van der Waals surface area (Å²) in [5, 5.41) is 0. The van der Waals surface area contributed by atoms with E-state index in [0.717, 1.165) is 0 Å². The van der Waals surface area contributed by atoms with E-state index in [-0.39, 0.29) is 25.4 Å². The van der Waals surface area contributed by atoms with Crippen LogP contribution in [0.15, 0.2) is 0 Å². The number of carbonyl (C=O) groups is 1. The van der Waals surface area contributed by atoms with Crippen LogP contribution in [0.3, 0.4) is 0 Å². The Morgan fingerprint density at radius 3 is 2.26 bits per heavy atom. The van der Waals surface area contributed by atoms with Crippen LogP contribution in [-0.4, -0.2) is 41.6 Å². The number of hydrogen-bond donors (Lipinski definition) is 0. The van der Waals surface area contributed by atoms with Gasteiger partial charge in [0, 0.05) is 12.6 Å². The van der Waals surface area contributed by atoms with Crippen molar-refractivity contribution >= 4 is 6.09 Å². The first-order valence-corrected chi connectivity index (χ1v) is 6.22. The zero-order valence-electron chi connectivity index (χ0n) is 11.6. The molecule has 0 saturated carbocycles. The lowest BCUT2D eigenvalue weighted by Crippen LogP contribution is -2.49. The molecule has 0 radical (unpaired) electrons. The standard InChI is InChI=1S/C12H20F3NO3/c1-8-7-9(18-12(13,14)15)5-6-16(8)10(17)19-11(2,3)4/h8-9H,5-7H2,1-4H3/t8-,9+/m0/s1. The molecule has 1 heterocycles. The Balaban J connectivity index is 2.53. The van der Waals surface area contributed by atoms with Gasteiger partial charge in [0.15, 0.2) is 0 Å². The number of piperidine rings is 1. The molecule has 2 atom stereocenters. The second-order valence-electron chi connectivity index (χ2n) is 5.73. The molecular weight excluding hydrogens is 263 g/mol. The van der Waals surface area contributed by atoms with Gasteiger partial charge in [-0.3, -0.25) is 4.74 Å². The number of nitrogens with zero attached hydrogens (tertiary/aromatic N) is 1. The Kier molecular flexibility index (Phi) is 4.71. The van der Waals surface area contributed by atoms with Crippen molar-refractivity contribution < 1.29 is 27.4 Å². The van der Waals surface area contributed by atoms with E-state index in [1.54, 1.807) is 27.7 Å². The number of ether oxygens (including phenoxy) is 2. The van der Waals surface area contributed by atoms with E-state index >= 15 is 0 Å². The molecule has 1 aliphatic rings. The van der Waals surface area contributed by atoms with Crippen LogP contribution in [0.4, 0.5) is 18.0 Å². The number of carbonyl (C=O) groups excluding carboxylic acids is 1. The normalized spacial score (nSPS) is 25.3. The molecule has 0 N–H and O–H groups in total. The first-order chi connectivity index (χ1) is 8.48. The van der Waals surface area contributed by atoms with E-state index in [1.165, 1.54) is 4.90 Å². The SMILES string of the molecule is C[C@H]1C[C@H](OC(F)(F)F)CCN1C(=O)OC(C)(C)C.